The molecule has 0 bridgehead atoms. The minimum absolute atomic E-state index is 0.127. The van der Waals surface area contributed by atoms with Crippen molar-refractivity contribution in [3.63, 3.8) is 0 Å². The number of ether oxygens (including phenoxy) is 1. The fourth-order valence-corrected chi connectivity index (χ4v) is 4.09. The van der Waals surface area contributed by atoms with Gasteiger partial charge in [0, 0.05) is 11.5 Å². The fourth-order valence-electron chi connectivity index (χ4n) is 1.16. The van der Waals surface area contributed by atoms with Crippen LogP contribution in [0, 0.1) is 6.92 Å². The van der Waals surface area contributed by atoms with E-state index in [-0.39, 0.29) is 15.0 Å². The van der Waals surface area contributed by atoms with E-state index in [1.807, 2.05) is 0 Å². The summed E-state index contributed by atoms with van der Waals surface area (Å²) in [5.41, 5.74) is 1.01. The second-order valence-electron chi connectivity index (χ2n) is 3.23. The average Bonchev–Trinajstić information content (AvgIpc) is 2.97. The Kier molecular flexibility index (Phi) is 3.78. The van der Waals surface area contributed by atoms with Crippen LogP contribution in [0.25, 0.3) is 0 Å². The molecule has 19 heavy (non-hydrogen) atoms. The van der Waals surface area contributed by atoms with Crippen LogP contribution in [0.15, 0.2) is 9.72 Å². The highest BCUT2D eigenvalue weighted by Gasteiger charge is 2.27. The normalized spacial score (nSPS) is 11.3. The maximum atomic E-state index is 12.1. The molecule has 0 radical (unpaired) electrons. The van der Waals surface area contributed by atoms with Crippen LogP contribution in [0.3, 0.4) is 0 Å². The second kappa shape index (κ2) is 5.19. The standard InChI is InChI=1S/C8H8N4O4S3/c1-4-10-8(18-11-4)12-19(14,15)7-5(6(13)16-2)9-3-17-7/h3H,1-2H3,(H,10,11,12). The van der Waals surface area contributed by atoms with Crippen molar-refractivity contribution in [2.75, 3.05) is 11.8 Å². The van der Waals surface area contributed by atoms with Gasteiger partial charge in [0.1, 0.15) is 5.82 Å². The van der Waals surface area contributed by atoms with Crippen molar-refractivity contribution in [2.45, 2.75) is 11.1 Å². The number of nitrogens with one attached hydrogen (secondary N) is 1. The summed E-state index contributed by atoms with van der Waals surface area (Å²) in [6.07, 6.45) is 0. The number of sulfonamides is 1. The van der Waals surface area contributed by atoms with E-state index < -0.39 is 16.0 Å². The first-order chi connectivity index (χ1) is 8.94. The Hall–Kier alpha value is -1.59. The highest BCUT2D eigenvalue weighted by Crippen LogP contribution is 2.24. The first-order valence-corrected chi connectivity index (χ1v) is 7.92. The van der Waals surface area contributed by atoms with Gasteiger partial charge >= 0.3 is 5.97 Å². The lowest BCUT2D eigenvalue weighted by Gasteiger charge is -2.03. The van der Waals surface area contributed by atoms with Gasteiger partial charge in [0.05, 0.1) is 12.6 Å². The predicted molar refractivity (Wildman–Crippen MR) is 68.9 cm³/mol. The number of methoxy groups -OCH3 is 1. The molecule has 8 nitrogen and oxygen atoms in total. The molecule has 0 saturated carbocycles. The lowest BCUT2D eigenvalue weighted by molar-refractivity contribution is 0.0590. The summed E-state index contributed by atoms with van der Waals surface area (Å²) in [6, 6.07) is 0. The van der Waals surface area contributed by atoms with Gasteiger partial charge in [-0.1, -0.05) is 0 Å². The van der Waals surface area contributed by atoms with Gasteiger partial charge in [-0.05, 0) is 6.92 Å². The minimum Gasteiger partial charge on any atom is -0.464 e. The average molecular weight is 320 g/mol. The number of aryl methyl sites for hydroxylation is 1. The minimum atomic E-state index is -3.93. The predicted octanol–water partition coefficient (Wildman–Crippen LogP) is 0.890. The Labute approximate surface area is 116 Å². The molecular weight excluding hydrogens is 312 g/mol. The molecular formula is C8H8N4O4S3. The van der Waals surface area contributed by atoms with Crippen LogP contribution in [0.5, 0.6) is 0 Å². The molecule has 0 unspecified atom stereocenters. The van der Waals surface area contributed by atoms with Gasteiger partial charge in [0.15, 0.2) is 9.90 Å². The van der Waals surface area contributed by atoms with E-state index in [4.69, 9.17) is 0 Å². The molecule has 2 heterocycles. The van der Waals surface area contributed by atoms with Gasteiger partial charge in [-0.25, -0.2) is 23.2 Å². The van der Waals surface area contributed by atoms with E-state index in [9.17, 15) is 13.2 Å². The van der Waals surface area contributed by atoms with Crippen LogP contribution in [0.4, 0.5) is 5.13 Å². The maximum absolute atomic E-state index is 12.1. The Morgan fingerprint density at radius 2 is 2.21 bits per heavy atom. The van der Waals surface area contributed by atoms with Crippen molar-refractivity contribution in [1.82, 2.24) is 14.3 Å². The summed E-state index contributed by atoms with van der Waals surface area (Å²) in [5, 5.41) is 0.127. The van der Waals surface area contributed by atoms with Crippen molar-refractivity contribution < 1.29 is 17.9 Å². The van der Waals surface area contributed by atoms with E-state index in [2.05, 4.69) is 23.8 Å². The van der Waals surface area contributed by atoms with Gasteiger partial charge < -0.3 is 4.74 Å². The number of hydrogen-bond acceptors (Lipinski definition) is 9. The quantitative estimate of drug-likeness (QED) is 0.833. The molecule has 0 amide bonds. The molecule has 0 fully saturated rings. The zero-order chi connectivity index (χ0) is 14.0. The molecule has 102 valence electrons. The number of thiazole rings is 1. The number of carbonyl (C=O) groups excluding carboxylic acids is 1. The van der Waals surface area contributed by atoms with Crippen molar-refractivity contribution >= 4 is 44.0 Å². The molecule has 2 aromatic heterocycles. The highest BCUT2D eigenvalue weighted by molar-refractivity contribution is 7.94. The summed E-state index contributed by atoms with van der Waals surface area (Å²) in [6.45, 7) is 1.64. The lowest BCUT2D eigenvalue weighted by atomic mass is 10.5. The first kappa shape index (κ1) is 13.8. The zero-order valence-electron chi connectivity index (χ0n) is 9.78. The van der Waals surface area contributed by atoms with Crippen LogP contribution in [-0.2, 0) is 14.8 Å². The topological polar surface area (TPSA) is 111 Å². The Morgan fingerprint density at radius 3 is 2.79 bits per heavy atom. The third-order valence-corrected chi connectivity index (χ3v) is 5.47. The summed E-state index contributed by atoms with van der Waals surface area (Å²) < 4.78 is 34.6. The van der Waals surface area contributed by atoms with Gasteiger partial charge in [0.2, 0.25) is 5.13 Å². The van der Waals surface area contributed by atoms with Crippen molar-refractivity contribution in [3.05, 3.63) is 17.0 Å². The van der Waals surface area contributed by atoms with Crippen LogP contribution >= 0.6 is 22.9 Å². The molecule has 11 heteroatoms. The molecule has 2 rings (SSSR count). The SMILES string of the molecule is COC(=O)c1ncsc1S(=O)(=O)Nc1nc(C)ns1. The van der Waals surface area contributed by atoms with Crippen LogP contribution in [-0.4, -0.2) is 35.8 Å². The Balaban J connectivity index is 2.35. The monoisotopic (exact) mass is 320 g/mol. The summed E-state index contributed by atoms with van der Waals surface area (Å²) >= 11 is 1.73. The lowest BCUT2D eigenvalue weighted by Crippen LogP contribution is -2.16. The van der Waals surface area contributed by atoms with Gasteiger partial charge in [-0.15, -0.1) is 11.3 Å². The third kappa shape index (κ3) is 2.88. The summed E-state index contributed by atoms with van der Waals surface area (Å²) in [5.74, 6) is -0.352. The van der Waals surface area contributed by atoms with E-state index in [1.165, 1.54) is 5.51 Å². The Morgan fingerprint density at radius 1 is 1.47 bits per heavy atom. The number of hydrogen-bond donors (Lipinski definition) is 1. The Bertz CT molecular complexity index is 705. The molecule has 0 aliphatic carbocycles. The van der Waals surface area contributed by atoms with Crippen molar-refractivity contribution in [3.8, 4) is 0 Å². The molecule has 2 aromatic rings. The highest BCUT2D eigenvalue weighted by atomic mass is 32.2. The van der Waals surface area contributed by atoms with Crippen LogP contribution in [0.2, 0.25) is 0 Å². The molecule has 0 atom stereocenters. The van der Waals surface area contributed by atoms with Crippen LogP contribution < -0.4 is 4.72 Å². The maximum Gasteiger partial charge on any atom is 0.358 e. The van der Waals surface area contributed by atoms with Gasteiger partial charge in [0.25, 0.3) is 10.0 Å². The number of aromatic nitrogens is 3. The number of nitrogens with zero attached hydrogens (tertiary/aromatic N) is 3. The first-order valence-electron chi connectivity index (χ1n) is 4.79. The van der Waals surface area contributed by atoms with E-state index >= 15 is 0 Å². The van der Waals surface area contributed by atoms with Crippen molar-refractivity contribution in [2.24, 2.45) is 0 Å². The zero-order valence-corrected chi connectivity index (χ0v) is 12.2. The third-order valence-electron chi connectivity index (χ3n) is 1.91. The van der Waals surface area contributed by atoms with Crippen molar-refractivity contribution in [1.29, 1.82) is 0 Å². The molecule has 1 N–H and O–H groups in total. The molecule has 0 spiro atoms. The fraction of sp³-hybridized carbons (Fsp3) is 0.250. The molecule has 0 aromatic carbocycles. The second-order valence-corrected chi connectivity index (χ2v) is 6.72. The van der Waals surface area contributed by atoms with Gasteiger partial charge in [-0.3, -0.25) is 4.72 Å². The summed E-state index contributed by atoms with van der Waals surface area (Å²) in [4.78, 5) is 19.0. The molecule has 0 saturated heterocycles. The molecule has 0 aliphatic heterocycles. The van der Waals surface area contributed by atoms with Gasteiger partial charge in [-0.2, -0.15) is 4.37 Å². The van der Waals surface area contributed by atoms with Crippen LogP contribution in [0.1, 0.15) is 16.3 Å². The largest absolute Gasteiger partial charge is 0.464 e. The van der Waals surface area contributed by atoms with E-state index in [0.29, 0.717) is 5.82 Å². The molecule has 0 aliphatic rings. The number of carbonyl (C=O) groups is 1. The number of anilines is 1. The smallest absolute Gasteiger partial charge is 0.358 e. The number of rotatable bonds is 4. The summed E-state index contributed by atoms with van der Waals surface area (Å²) in [7, 11) is -2.78. The number of esters is 1. The van der Waals surface area contributed by atoms with E-state index in [1.54, 1.807) is 6.92 Å². The van der Waals surface area contributed by atoms with E-state index in [0.717, 1.165) is 30.0 Å².